The number of nitrogens with zero attached hydrogens (tertiary/aromatic N) is 3. The number of carbonyl (C=O) groups is 1. The van der Waals surface area contributed by atoms with E-state index in [-0.39, 0.29) is 5.91 Å². The molecule has 0 spiro atoms. The van der Waals surface area contributed by atoms with E-state index >= 15 is 0 Å². The second kappa shape index (κ2) is 7.22. The van der Waals surface area contributed by atoms with E-state index in [2.05, 4.69) is 22.2 Å². The van der Waals surface area contributed by atoms with Crippen LogP contribution < -0.4 is 5.32 Å². The lowest BCUT2D eigenvalue weighted by Crippen LogP contribution is -2.37. The summed E-state index contributed by atoms with van der Waals surface area (Å²) in [5.74, 6) is 1.58. The maximum absolute atomic E-state index is 12.5. The molecule has 1 amide bonds. The van der Waals surface area contributed by atoms with E-state index < -0.39 is 0 Å². The first-order valence-electron chi connectivity index (χ1n) is 8.10. The SMILES string of the molecule is CC1CCN(C(=O)c2ccc(NCc3ccncc3)nc2)CC1. The molecule has 2 aromatic heterocycles. The first kappa shape index (κ1) is 15.5. The molecular weight excluding hydrogens is 288 g/mol. The van der Waals surface area contributed by atoms with Crippen molar-refractivity contribution in [2.75, 3.05) is 18.4 Å². The summed E-state index contributed by atoms with van der Waals surface area (Å²) in [7, 11) is 0. The van der Waals surface area contributed by atoms with Crippen LogP contribution in [0, 0.1) is 5.92 Å². The first-order chi connectivity index (χ1) is 11.2. The molecule has 0 unspecified atom stereocenters. The van der Waals surface area contributed by atoms with E-state index in [9.17, 15) is 4.79 Å². The van der Waals surface area contributed by atoms with Crippen molar-refractivity contribution in [1.29, 1.82) is 0 Å². The molecule has 3 heterocycles. The summed E-state index contributed by atoms with van der Waals surface area (Å²) in [6, 6.07) is 7.63. The molecule has 0 saturated carbocycles. The van der Waals surface area contributed by atoms with Gasteiger partial charge in [-0.2, -0.15) is 0 Å². The summed E-state index contributed by atoms with van der Waals surface area (Å²) in [5.41, 5.74) is 1.80. The molecule has 120 valence electrons. The first-order valence-corrected chi connectivity index (χ1v) is 8.10. The van der Waals surface area contributed by atoms with Crippen LogP contribution in [0.25, 0.3) is 0 Å². The highest BCUT2D eigenvalue weighted by Gasteiger charge is 2.21. The predicted molar refractivity (Wildman–Crippen MR) is 90.1 cm³/mol. The van der Waals surface area contributed by atoms with Gasteiger partial charge >= 0.3 is 0 Å². The number of nitrogens with one attached hydrogen (secondary N) is 1. The zero-order valence-electron chi connectivity index (χ0n) is 13.4. The highest BCUT2D eigenvalue weighted by Crippen LogP contribution is 2.18. The second-order valence-corrected chi connectivity index (χ2v) is 6.12. The van der Waals surface area contributed by atoms with Crippen molar-refractivity contribution < 1.29 is 4.79 Å². The molecule has 0 atom stereocenters. The molecule has 1 fully saturated rings. The number of hydrogen-bond donors (Lipinski definition) is 1. The Bertz CT molecular complexity index is 634. The Labute approximate surface area is 136 Å². The average molecular weight is 310 g/mol. The van der Waals surface area contributed by atoms with Crippen LogP contribution in [0.2, 0.25) is 0 Å². The molecule has 5 nitrogen and oxygen atoms in total. The van der Waals surface area contributed by atoms with Crippen LogP contribution in [0.4, 0.5) is 5.82 Å². The van der Waals surface area contributed by atoms with Crippen molar-refractivity contribution in [1.82, 2.24) is 14.9 Å². The van der Waals surface area contributed by atoms with Crippen LogP contribution in [0.5, 0.6) is 0 Å². The van der Waals surface area contributed by atoms with E-state index in [1.807, 2.05) is 29.2 Å². The largest absolute Gasteiger partial charge is 0.366 e. The van der Waals surface area contributed by atoms with E-state index in [1.54, 1.807) is 18.6 Å². The van der Waals surface area contributed by atoms with Crippen LogP contribution in [0.1, 0.15) is 35.7 Å². The molecule has 0 radical (unpaired) electrons. The fraction of sp³-hybridized carbons (Fsp3) is 0.389. The number of anilines is 1. The van der Waals surface area contributed by atoms with E-state index in [0.717, 1.165) is 43.2 Å². The zero-order chi connectivity index (χ0) is 16.1. The van der Waals surface area contributed by atoms with Crippen molar-refractivity contribution in [2.24, 2.45) is 5.92 Å². The molecule has 3 rings (SSSR count). The number of carbonyl (C=O) groups excluding carboxylic acids is 1. The van der Waals surface area contributed by atoms with Crippen molar-refractivity contribution in [3.63, 3.8) is 0 Å². The number of amides is 1. The Morgan fingerprint density at radius 1 is 1.22 bits per heavy atom. The third-order valence-electron chi connectivity index (χ3n) is 4.30. The van der Waals surface area contributed by atoms with Gasteiger partial charge in [-0.15, -0.1) is 0 Å². The number of piperidine rings is 1. The molecule has 0 aromatic carbocycles. The van der Waals surface area contributed by atoms with E-state index in [4.69, 9.17) is 0 Å². The summed E-state index contributed by atoms with van der Waals surface area (Å²) >= 11 is 0. The molecular formula is C18H22N4O. The van der Waals surface area contributed by atoms with Crippen molar-refractivity contribution in [3.8, 4) is 0 Å². The van der Waals surface area contributed by atoms with Gasteiger partial charge in [-0.3, -0.25) is 9.78 Å². The summed E-state index contributed by atoms with van der Waals surface area (Å²) in [4.78, 5) is 22.7. The molecule has 23 heavy (non-hydrogen) atoms. The lowest BCUT2D eigenvalue weighted by molar-refractivity contribution is 0.0697. The highest BCUT2D eigenvalue weighted by molar-refractivity contribution is 5.94. The van der Waals surface area contributed by atoms with Gasteiger partial charge in [0.2, 0.25) is 0 Å². The van der Waals surface area contributed by atoms with Crippen molar-refractivity contribution in [3.05, 3.63) is 54.0 Å². The quantitative estimate of drug-likeness (QED) is 0.943. The van der Waals surface area contributed by atoms with Crippen molar-refractivity contribution >= 4 is 11.7 Å². The van der Waals surface area contributed by atoms with Gasteiger partial charge in [0.15, 0.2) is 0 Å². The number of rotatable bonds is 4. The molecule has 1 aliphatic heterocycles. The minimum absolute atomic E-state index is 0.0880. The molecule has 0 aliphatic carbocycles. The van der Waals surface area contributed by atoms with Crippen LogP contribution in [-0.2, 0) is 6.54 Å². The maximum atomic E-state index is 12.5. The lowest BCUT2D eigenvalue weighted by atomic mass is 9.99. The van der Waals surface area contributed by atoms with Crippen LogP contribution in [0.15, 0.2) is 42.9 Å². The molecule has 5 heteroatoms. The standard InChI is InChI=1S/C18H22N4O/c1-14-6-10-22(11-7-14)18(23)16-2-3-17(21-13-16)20-12-15-4-8-19-9-5-15/h2-5,8-9,13-14H,6-7,10-12H2,1H3,(H,20,21). The topological polar surface area (TPSA) is 58.1 Å². The van der Waals surface area contributed by atoms with Gasteiger partial charge in [-0.25, -0.2) is 4.98 Å². The Hall–Kier alpha value is -2.43. The van der Waals surface area contributed by atoms with Crippen LogP contribution in [-0.4, -0.2) is 33.9 Å². The van der Waals surface area contributed by atoms with Gasteiger partial charge in [-0.05, 0) is 48.6 Å². The molecule has 1 saturated heterocycles. The van der Waals surface area contributed by atoms with Gasteiger partial charge in [0.05, 0.1) is 5.56 Å². The summed E-state index contributed by atoms with van der Waals surface area (Å²) < 4.78 is 0. The summed E-state index contributed by atoms with van der Waals surface area (Å²) in [6.07, 6.45) is 7.38. The number of hydrogen-bond acceptors (Lipinski definition) is 4. The summed E-state index contributed by atoms with van der Waals surface area (Å²) in [5, 5.41) is 3.25. The van der Waals surface area contributed by atoms with Gasteiger partial charge in [0, 0.05) is 38.2 Å². The number of likely N-dealkylation sites (tertiary alicyclic amines) is 1. The number of aromatic nitrogens is 2. The average Bonchev–Trinajstić information content (AvgIpc) is 2.61. The predicted octanol–water partition coefficient (Wildman–Crippen LogP) is 2.96. The molecule has 1 aliphatic rings. The maximum Gasteiger partial charge on any atom is 0.255 e. The van der Waals surface area contributed by atoms with E-state index in [1.165, 1.54) is 0 Å². The Kier molecular flexibility index (Phi) is 4.86. The summed E-state index contributed by atoms with van der Waals surface area (Å²) in [6.45, 7) is 4.63. The van der Waals surface area contributed by atoms with Gasteiger partial charge in [0.1, 0.15) is 5.82 Å². The molecule has 2 aromatic rings. The van der Waals surface area contributed by atoms with Crippen LogP contribution >= 0.6 is 0 Å². The highest BCUT2D eigenvalue weighted by atomic mass is 16.2. The lowest BCUT2D eigenvalue weighted by Gasteiger charge is -2.30. The normalized spacial score (nSPS) is 15.4. The smallest absolute Gasteiger partial charge is 0.255 e. The Morgan fingerprint density at radius 3 is 2.61 bits per heavy atom. The minimum atomic E-state index is 0.0880. The zero-order valence-corrected chi connectivity index (χ0v) is 13.4. The number of pyridine rings is 2. The molecule has 0 bridgehead atoms. The van der Waals surface area contributed by atoms with Gasteiger partial charge < -0.3 is 10.2 Å². The van der Waals surface area contributed by atoms with Gasteiger partial charge in [0.25, 0.3) is 5.91 Å². The van der Waals surface area contributed by atoms with Crippen molar-refractivity contribution in [2.45, 2.75) is 26.3 Å². The third-order valence-corrected chi connectivity index (χ3v) is 4.30. The fourth-order valence-corrected chi connectivity index (χ4v) is 2.71. The Morgan fingerprint density at radius 2 is 1.96 bits per heavy atom. The van der Waals surface area contributed by atoms with Crippen LogP contribution in [0.3, 0.4) is 0 Å². The van der Waals surface area contributed by atoms with E-state index in [0.29, 0.717) is 12.1 Å². The molecule has 1 N–H and O–H groups in total. The third kappa shape index (κ3) is 4.06. The van der Waals surface area contributed by atoms with Gasteiger partial charge in [-0.1, -0.05) is 6.92 Å². The second-order valence-electron chi connectivity index (χ2n) is 6.12. The monoisotopic (exact) mass is 310 g/mol. The fourth-order valence-electron chi connectivity index (χ4n) is 2.71. The minimum Gasteiger partial charge on any atom is -0.366 e. The Balaban J connectivity index is 1.57.